The quantitative estimate of drug-likeness (QED) is 0.562. The van der Waals surface area contributed by atoms with Gasteiger partial charge in [0.1, 0.15) is 17.1 Å². The van der Waals surface area contributed by atoms with Crippen LogP contribution in [0.3, 0.4) is 0 Å². The Kier molecular flexibility index (Phi) is 7.74. The van der Waals surface area contributed by atoms with Crippen LogP contribution in [-0.2, 0) is 0 Å². The monoisotopic (exact) mass is 423 g/mol. The first-order valence-corrected chi connectivity index (χ1v) is 9.55. The molecule has 0 aliphatic carbocycles. The van der Waals surface area contributed by atoms with E-state index in [-0.39, 0.29) is 24.1 Å². The molecule has 0 spiro atoms. The van der Waals surface area contributed by atoms with Crippen LogP contribution in [-0.4, -0.2) is 49.6 Å². The van der Waals surface area contributed by atoms with Crippen molar-refractivity contribution in [3.8, 4) is 5.75 Å². The molecular formula is C20H23ClFN3O2S. The van der Waals surface area contributed by atoms with Gasteiger partial charge in [0.15, 0.2) is 5.13 Å². The van der Waals surface area contributed by atoms with E-state index in [2.05, 4.69) is 4.98 Å². The molecule has 0 saturated carbocycles. The van der Waals surface area contributed by atoms with Crippen molar-refractivity contribution in [2.45, 2.75) is 6.92 Å². The summed E-state index contributed by atoms with van der Waals surface area (Å²) in [4.78, 5) is 21.4. The zero-order valence-corrected chi connectivity index (χ0v) is 17.6. The maximum atomic E-state index is 13.2. The number of thiazole rings is 1. The minimum absolute atomic E-state index is 0. The van der Waals surface area contributed by atoms with Crippen LogP contribution in [0.15, 0.2) is 42.5 Å². The Morgan fingerprint density at radius 3 is 2.50 bits per heavy atom. The molecule has 2 aromatic carbocycles. The van der Waals surface area contributed by atoms with Gasteiger partial charge in [-0.05, 0) is 57.4 Å². The van der Waals surface area contributed by atoms with Crippen molar-refractivity contribution in [3.05, 3.63) is 53.8 Å². The number of ether oxygens (including phenoxy) is 1. The molecule has 8 heteroatoms. The molecule has 0 aliphatic rings. The third-order valence-electron chi connectivity index (χ3n) is 4.01. The molecule has 0 bridgehead atoms. The molecule has 150 valence electrons. The number of anilines is 1. The van der Waals surface area contributed by atoms with Crippen molar-refractivity contribution < 1.29 is 13.9 Å². The number of likely N-dealkylation sites (N-methyl/N-ethyl adjacent to an activating group) is 1. The van der Waals surface area contributed by atoms with Gasteiger partial charge in [0.05, 0.1) is 11.3 Å². The van der Waals surface area contributed by atoms with Crippen LogP contribution in [0.2, 0.25) is 0 Å². The van der Waals surface area contributed by atoms with Gasteiger partial charge in [-0.1, -0.05) is 17.4 Å². The average molecular weight is 424 g/mol. The molecule has 0 fully saturated rings. The number of amides is 1. The topological polar surface area (TPSA) is 45.7 Å². The number of hydrogen-bond acceptors (Lipinski definition) is 5. The standard InChI is InChI=1S/C20H22FN3O2S.ClH/c1-4-26-16-6-5-7-17-18(16)22-20(27-17)24(13-12-23(2)3)19(25)14-8-10-15(21)11-9-14;/h5-11H,4,12-13H2,1-3H3;1H. The number of carbonyl (C=O) groups excluding carboxylic acids is 1. The van der Waals surface area contributed by atoms with Crippen molar-refractivity contribution >= 4 is 45.0 Å². The Balaban J connectivity index is 0.00000280. The number of para-hydroxylation sites is 1. The fourth-order valence-corrected chi connectivity index (χ4v) is 3.64. The summed E-state index contributed by atoms with van der Waals surface area (Å²) in [6.45, 7) is 3.63. The van der Waals surface area contributed by atoms with E-state index in [1.54, 1.807) is 4.90 Å². The minimum Gasteiger partial charge on any atom is -0.492 e. The second-order valence-corrected chi connectivity index (χ2v) is 7.31. The second-order valence-electron chi connectivity index (χ2n) is 6.30. The molecule has 0 radical (unpaired) electrons. The smallest absolute Gasteiger partial charge is 0.260 e. The Morgan fingerprint density at radius 1 is 1.14 bits per heavy atom. The van der Waals surface area contributed by atoms with Crippen molar-refractivity contribution in [2.75, 3.05) is 38.7 Å². The molecule has 5 nitrogen and oxygen atoms in total. The lowest BCUT2D eigenvalue weighted by molar-refractivity contribution is 0.0985. The number of halogens is 2. The summed E-state index contributed by atoms with van der Waals surface area (Å²) in [6, 6.07) is 11.3. The van der Waals surface area contributed by atoms with Crippen LogP contribution < -0.4 is 9.64 Å². The zero-order valence-electron chi connectivity index (χ0n) is 16.0. The van der Waals surface area contributed by atoms with Gasteiger partial charge in [-0.15, -0.1) is 12.4 Å². The molecule has 0 aliphatic heterocycles. The van der Waals surface area contributed by atoms with E-state index in [4.69, 9.17) is 4.74 Å². The molecule has 3 rings (SSSR count). The van der Waals surface area contributed by atoms with Crippen molar-refractivity contribution in [1.29, 1.82) is 0 Å². The third-order valence-corrected chi connectivity index (χ3v) is 5.05. The van der Waals surface area contributed by atoms with Crippen LogP contribution in [0.1, 0.15) is 17.3 Å². The number of benzene rings is 2. The molecule has 0 N–H and O–H groups in total. The molecule has 1 amide bonds. The van der Waals surface area contributed by atoms with Gasteiger partial charge in [-0.3, -0.25) is 9.69 Å². The first-order chi connectivity index (χ1) is 13.0. The summed E-state index contributed by atoms with van der Waals surface area (Å²) in [5.41, 5.74) is 1.18. The predicted octanol–water partition coefficient (Wildman–Crippen LogP) is 4.46. The van der Waals surface area contributed by atoms with Gasteiger partial charge in [-0.25, -0.2) is 9.37 Å². The maximum Gasteiger partial charge on any atom is 0.260 e. The highest BCUT2D eigenvalue weighted by atomic mass is 35.5. The second kappa shape index (κ2) is 9.82. The maximum absolute atomic E-state index is 13.2. The van der Waals surface area contributed by atoms with E-state index < -0.39 is 0 Å². The SMILES string of the molecule is CCOc1cccc2sc(N(CCN(C)C)C(=O)c3ccc(F)cc3)nc12.Cl. The number of hydrogen-bond donors (Lipinski definition) is 0. The van der Waals surface area contributed by atoms with Crippen LogP contribution in [0.4, 0.5) is 9.52 Å². The van der Waals surface area contributed by atoms with Crippen molar-refractivity contribution in [2.24, 2.45) is 0 Å². The van der Waals surface area contributed by atoms with E-state index in [1.165, 1.54) is 35.6 Å². The van der Waals surface area contributed by atoms with Gasteiger partial charge in [-0.2, -0.15) is 0 Å². The largest absolute Gasteiger partial charge is 0.492 e. The summed E-state index contributed by atoms with van der Waals surface area (Å²) >= 11 is 1.44. The number of nitrogens with zero attached hydrogens (tertiary/aromatic N) is 3. The lowest BCUT2D eigenvalue weighted by Crippen LogP contribution is -2.36. The highest BCUT2D eigenvalue weighted by Gasteiger charge is 2.22. The van der Waals surface area contributed by atoms with Crippen LogP contribution in [0, 0.1) is 5.82 Å². The van der Waals surface area contributed by atoms with Gasteiger partial charge in [0, 0.05) is 18.7 Å². The Morgan fingerprint density at radius 2 is 1.86 bits per heavy atom. The molecule has 1 aromatic heterocycles. The molecule has 0 saturated heterocycles. The number of carbonyl (C=O) groups is 1. The third kappa shape index (κ3) is 4.98. The summed E-state index contributed by atoms with van der Waals surface area (Å²) in [5, 5.41) is 0.605. The summed E-state index contributed by atoms with van der Waals surface area (Å²) in [7, 11) is 3.90. The molecule has 0 atom stereocenters. The first-order valence-electron chi connectivity index (χ1n) is 8.74. The van der Waals surface area contributed by atoms with Crippen LogP contribution in [0.25, 0.3) is 10.2 Å². The lowest BCUT2D eigenvalue weighted by atomic mass is 10.2. The molecule has 0 unspecified atom stereocenters. The minimum atomic E-state index is -0.368. The lowest BCUT2D eigenvalue weighted by Gasteiger charge is -2.22. The van der Waals surface area contributed by atoms with E-state index >= 15 is 0 Å². The Bertz CT molecular complexity index is 931. The van der Waals surface area contributed by atoms with E-state index in [1.807, 2.05) is 44.1 Å². The van der Waals surface area contributed by atoms with Gasteiger partial charge >= 0.3 is 0 Å². The van der Waals surface area contributed by atoms with Gasteiger partial charge < -0.3 is 9.64 Å². The number of aromatic nitrogens is 1. The van der Waals surface area contributed by atoms with Crippen LogP contribution in [0.5, 0.6) is 5.75 Å². The van der Waals surface area contributed by atoms with Crippen molar-refractivity contribution in [3.63, 3.8) is 0 Å². The van der Waals surface area contributed by atoms with Gasteiger partial charge in [0.2, 0.25) is 0 Å². The summed E-state index contributed by atoms with van der Waals surface area (Å²) < 4.78 is 19.8. The molecule has 1 heterocycles. The highest BCUT2D eigenvalue weighted by Crippen LogP contribution is 2.34. The van der Waals surface area contributed by atoms with Crippen LogP contribution >= 0.6 is 23.7 Å². The van der Waals surface area contributed by atoms with E-state index in [0.29, 0.717) is 36.1 Å². The first kappa shape index (κ1) is 22.1. The van der Waals surface area contributed by atoms with Crippen molar-refractivity contribution in [1.82, 2.24) is 9.88 Å². The fraction of sp³-hybridized carbons (Fsp3) is 0.300. The highest BCUT2D eigenvalue weighted by molar-refractivity contribution is 7.22. The Labute approximate surface area is 174 Å². The van der Waals surface area contributed by atoms with E-state index in [9.17, 15) is 9.18 Å². The predicted molar refractivity (Wildman–Crippen MR) is 115 cm³/mol. The fourth-order valence-electron chi connectivity index (χ4n) is 2.63. The average Bonchev–Trinajstić information content (AvgIpc) is 3.07. The van der Waals surface area contributed by atoms with E-state index in [0.717, 1.165) is 10.2 Å². The number of fused-ring (bicyclic) bond motifs is 1. The molecular weight excluding hydrogens is 401 g/mol. The molecule has 28 heavy (non-hydrogen) atoms. The summed E-state index contributed by atoms with van der Waals surface area (Å²) in [6.07, 6.45) is 0. The van der Waals surface area contributed by atoms with Gasteiger partial charge in [0.25, 0.3) is 5.91 Å². The number of rotatable bonds is 7. The molecule has 3 aromatic rings. The summed E-state index contributed by atoms with van der Waals surface area (Å²) in [5.74, 6) is 0.140. The zero-order chi connectivity index (χ0) is 19.4. The Hall–Kier alpha value is -2.22. The normalized spacial score (nSPS) is 10.8.